The fourth-order valence-corrected chi connectivity index (χ4v) is 5.14. The zero-order valence-corrected chi connectivity index (χ0v) is 15.4. The van der Waals surface area contributed by atoms with Crippen LogP contribution in [0.4, 0.5) is 5.82 Å². The third-order valence-corrected chi connectivity index (χ3v) is 6.46. The van der Waals surface area contributed by atoms with E-state index in [1.807, 2.05) is 13.0 Å². The number of hydrogen-bond acceptors (Lipinski definition) is 6. The molecule has 0 saturated carbocycles. The van der Waals surface area contributed by atoms with Crippen molar-refractivity contribution >= 4 is 37.4 Å². The minimum Gasteiger partial charge on any atom is -0.365 e. The highest BCUT2D eigenvalue weighted by molar-refractivity contribution is 7.89. The Bertz CT molecular complexity index is 1070. The number of fused-ring (bicyclic) bond motifs is 3. The van der Waals surface area contributed by atoms with Gasteiger partial charge in [-0.15, -0.1) is 11.3 Å². The van der Waals surface area contributed by atoms with Gasteiger partial charge in [-0.25, -0.2) is 23.5 Å². The van der Waals surface area contributed by atoms with Gasteiger partial charge in [-0.05, 0) is 49.4 Å². The minimum absolute atomic E-state index is 0.118. The quantitative estimate of drug-likeness (QED) is 0.732. The molecule has 25 heavy (non-hydrogen) atoms. The smallest absolute Gasteiger partial charge is 0.238 e. The Balaban J connectivity index is 1.68. The van der Waals surface area contributed by atoms with Crippen LogP contribution in [0.5, 0.6) is 0 Å². The van der Waals surface area contributed by atoms with Crippen molar-refractivity contribution in [3.8, 4) is 0 Å². The maximum Gasteiger partial charge on any atom is 0.238 e. The second-order valence-electron chi connectivity index (χ2n) is 6.20. The van der Waals surface area contributed by atoms with Gasteiger partial charge in [0.2, 0.25) is 10.0 Å². The lowest BCUT2D eigenvalue weighted by molar-refractivity contribution is 0.597. The fourth-order valence-electron chi connectivity index (χ4n) is 3.25. The van der Waals surface area contributed by atoms with Crippen molar-refractivity contribution in [1.29, 1.82) is 0 Å². The van der Waals surface area contributed by atoms with E-state index in [0.29, 0.717) is 6.54 Å². The number of sulfonamides is 1. The standard InChI is InChI=1S/C17H18N4O2S2/c1-10-20-16(15-13-6-3-7-14(13)24-17(15)21-10)19-9-11-4-2-5-12(8-11)25(18,22)23/h2,4-5,8H,3,6-7,9H2,1H3,(H2,18,22,23)(H,19,20,21). The van der Waals surface area contributed by atoms with Crippen molar-refractivity contribution in [3.63, 3.8) is 0 Å². The van der Waals surface area contributed by atoms with Crippen molar-refractivity contribution in [2.24, 2.45) is 5.14 Å². The molecule has 0 radical (unpaired) electrons. The number of nitrogens with zero attached hydrogens (tertiary/aromatic N) is 2. The highest BCUT2D eigenvalue weighted by Gasteiger charge is 2.21. The first-order valence-corrected chi connectivity index (χ1v) is 10.4. The van der Waals surface area contributed by atoms with Crippen LogP contribution >= 0.6 is 11.3 Å². The molecule has 0 atom stereocenters. The molecule has 0 bridgehead atoms. The molecule has 0 spiro atoms. The van der Waals surface area contributed by atoms with Crippen molar-refractivity contribution < 1.29 is 8.42 Å². The van der Waals surface area contributed by atoms with Gasteiger partial charge < -0.3 is 5.32 Å². The van der Waals surface area contributed by atoms with Gasteiger partial charge in [-0.3, -0.25) is 0 Å². The van der Waals surface area contributed by atoms with Crippen LogP contribution in [0.2, 0.25) is 0 Å². The number of aromatic nitrogens is 2. The lowest BCUT2D eigenvalue weighted by Crippen LogP contribution is -2.12. The SMILES string of the molecule is Cc1nc(NCc2cccc(S(N)(=O)=O)c2)c2c3c(sc2n1)CCC3. The van der Waals surface area contributed by atoms with Crippen LogP contribution in [-0.4, -0.2) is 18.4 Å². The number of nitrogens with one attached hydrogen (secondary N) is 1. The van der Waals surface area contributed by atoms with Crippen LogP contribution in [0.15, 0.2) is 29.2 Å². The molecule has 4 rings (SSSR count). The summed E-state index contributed by atoms with van der Waals surface area (Å²) in [5, 5.41) is 9.68. The monoisotopic (exact) mass is 374 g/mol. The number of rotatable bonds is 4. The summed E-state index contributed by atoms with van der Waals surface area (Å²) < 4.78 is 23.0. The first-order valence-electron chi connectivity index (χ1n) is 8.06. The average molecular weight is 374 g/mol. The Hall–Kier alpha value is -2.03. The van der Waals surface area contributed by atoms with Gasteiger partial charge in [0, 0.05) is 11.4 Å². The van der Waals surface area contributed by atoms with E-state index in [9.17, 15) is 8.42 Å². The van der Waals surface area contributed by atoms with Gasteiger partial charge in [0.25, 0.3) is 0 Å². The zero-order valence-electron chi connectivity index (χ0n) is 13.7. The Morgan fingerprint density at radius 1 is 1.28 bits per heavy atom. The minimum atomic E-state index is -3.70. The molecule has 130 valence electrons. The lowest BCUT2D eigenvalue weighted by atomic mass is 10.2. The maximum absolute atomic E-state index is 11.5. The summed E-state index contributed by atoms with van der Waals surface area (Å²) in [7, 11) is -3.70. The molecule has 1 aliphatic carbocycles. The van der Waals surface area contributed by atoms with E-state index in [0.717, 1.165) is 40.3 Å². The Morgan fingerprint density at radius 2 is 2.12 bits per heavy atom. The molecule has 0 fully saturated rings. The number of benzene rings is 1. The topological polar surface area (TPSA) is 98.0 Å². The van der Waals surface area contributed by atoms with Crippen LogP contribution in [0, 0.1) is 6.92 Å². The number of aryl methyl sites for hydroxylation is 3. The number of hydrogen-bond donors (Lipinski definition) is 2. The molecule has 6 nitrogen and oxygen atoms in total. The van der Waals surface area contributed by atoms with E-state index in [1.165, 1.54) is 22.9 Å². The summed E-state index contributed by atoms with van der Waals surface area (Å²) >= 11 is 1.76. The van der Waals surface area contributed by atoms with Crippen molar-refractivity contribution in [2.45, 2.75) is 37.6 Å². The average Bonchev–Trinajstić information content (AvgIpc) is 3.12. The van der Waals surface area contributed by atoms with Crippen LogP contribution in [0.3, 0.4) is 0 Å². The van der Waals surface area contributed by atoms with Gasteiger partial charge in [0.05, 0.1) is 10.3 Å². The van der Waals surface area contributed by atoms with Crippen molar-refractivity contribution in [2.75, 3.05) is 5.32 Å². The molecular weight excluding hydrogens is 356 g/mol. The normalized spacial score (nSPS) is 14.0. The predicted molar refractivity (Wildman–Crippen MR) is 99.3 cm³/mol. The third kappa shape index (κ3) is 3.12. The van der Waals surface area contributed by atoms with Crippen LogP contribution in [-0.2, 0) is 29.4 Å². The van der Waals surface area contributed by atoms with Gasteiger partial charge in [-0.1, -0.05) is 12.1 Å². The van der Waals surface area contributed by atoms with Crippen LogP contribution < -0.4 is 10.5 Å². The summed E-state index contributed by atoms with van der Waals surface area (Å²) in [6, 6.07) is 6.65. The fraction of sp³-hybridized carbons (Fsp3) is 0.294. The maximum atomic E-state index is 11.5. The second kappa shape index (κ2) is 6.05. The molecular formula is C17H18N4O2S2. The van der Waals surface area contributed by atoms with E-state index >= 15 is 0 Å². The molecule has 3 N–H and O–H groups in total. The summed E-state index contributed by atoms with van der Waals surface area (Å²) in [5.41, 5.74) is 2.20. The molecule has 2 aromatic heterocycles. The summed E-state index contributed by atoms with van der Waals surface area (Å²) in [5.74, 6) is 1.55. The third-order valence-electron chi connectivity index (χ3n) is 4.36. The molecule has 8 heteroatoms. The second-order valence-corrected chi connectivity index (χ2v) is 8.85. The lowest BCUT2D eigenvalue weighted by Gasteiger charge is -2.10. The molecule has 1 aromatic carbocycles. The van der Waals surface area contributed by atoms with Crippen LogP contribution in [0.1, 0.15) is 28.2 Å². The van der Waals surface area contributed by atoms with E-state index in [4.69, 9.17) is 5.14 Å². The van der Waals surface area contributed by atoms with E-state index < -0.39 is 10.0 Å². The van der Waals surface area contributed by atoms with Gasteiger partial charge in [0.15, 0.2) is 0 Å². The molecule has 0 unspecified atom stereocenters. The first-order chi connectivity index (χ1) is 11.9. The van der Waals surface area contributed by atoms with Crippen molar-refractivity contribution in [1.82, 2.24) is 9.97 Å². The first kappa shape index (κ1) is 16.4. The predicted octanol–water partition coefficient (Wildman–Crippen LogP) is 2.75. The molecule has 0 aliphatic heterocycles. The molecule has 0 saturated heterocycles. The molecule has 3 aromatic rings. The molecule has 0 amide bonds. The summed E-state index contributed by atoms with van der Waals surface area (Å²) in [6.07, 6.45) is 3.36. The van der Waals surface area contributed by atoms with Gasteiger partial charge in [-0.2, -0.15) is 0 Å². The molecule has 1 aliphatic rings. The number of thiophene rings is 1. The highest BCUT2D eigenvalue weighted by Crippen LogP contribution is 2.39. The zero-order chi connectivity index (χ0) is 17.6. The number of nitrogens with two attached hydrogens (primary N) is 1. The summed E-state index contributed by atoms with van der Waals surface area (Å²) in [4.78, 5) is 11.7. The van der Waals surface area contributed by atoms with Crippen molar-refractivity contribution in [3.05, 3.63) is 46.1 Å². The van der Waals surface area contributed by atoms with Gasteiger partial charge in [0.1, 0.15) is 16.5 Å². The number of primary sulfonamides is 1. The molecule has 2 heterocycles. The van der Waals surface area contributed by atoms with E-state index in [1.54, 1.807) is 23.5 Å². The Kier molecular flexibility index (Phi) is 3.98. The van der Waals surface area contributed by atoms with Crippen LogP contribution in [0.25, 0.3) is 10.2 Å². The summed E-state index contributed by atoms with van der Waals surface area (Å²) in [6.45, 7) is 2.36. The largest absolute Gasteiger partial charge is 0.365 e. The highest BCUT2D eigenvalue weighted by atomic mass is 32.2. The number of anilines is 1. The van der Waals surface area contributed by atoms with E-state index in [2.05, 4.69) is 15.3 Å². The Labute approximate surface area is 150 Å². The Morgan fingerprint density at radius 3 is 2.92 bits per heavy atom. The van der Waals surface area contributed by atoms with E-state index in [-0.39, 0.29) is 4.90 Å². The van der Waals surface area contributed by atoms with Gasteiger partial charge >= 0.3 is 0 Å².